The van der Waals surface area contributed by atoms with Gasteiger partial charge in [-0.2, -0.15) is 0 Å². The lowest BCUT2D eigenvalue weighted by molar-refractivity contribution is -0.132. The van der Waals surface area contributed by atoms with Crippen LogP contribution < -0.4 is 0 Å². The molecule has 0 spiro atoms. The second-order valence-corrected chi connectivity index (χ2v) is 8.16. The highest BCUT2D eigenvalue weighted by atomic mass is 32.2. The normalized spacial score (nSPS) is 17.8. The van der Waals surface area contributed by atoms with Crippen molar-refractivity contribution in [1.29, 1.82) is 0 Å². The molecule has 1 aliphatic rings. The molecule has 26 heavy (non-hydrogen) atoms. The Morgan fingerprint density at radius 2 is 2.23 bits per heavy atom. The van der Waals surface area contributed by atoms with E-state index in [1.165, 1.54) is 18.2 Å². The molecule has 1 saturated heterocycles. The van der Waals surface area contributed by atoms with Gasteiger partial charge >= 0.3 is 0 Å². The highest BCUT2D eigenvalue weighted by Crippen LogP contribution is 2.27. The van der Waals surface area contributed by atoms with Gasteiger partial charge in [0.25, 0.3) is 0 Å². The van der Waals surface area contributed by atoms with E-state index < -0.39 is 0 Å². The van der Waals surface area contributed by atoms with E-state index in [9.17, 15) is 4.79 Å². The predicted molar refractivity (Wildman–Crippen MR) is 103 cm³/mol. The van der Waals surface area contributed by atoms with Gasteiger partial charge in [-0.3, -0.25) is 9.36 Å². The number of amides is 1. The Bertz CT molecular complexity index is 711. The highest BCUT2D eigenvalue weighted by Gasteiger charge is 2.26. The van der Waals surface area contributed by atoms with Gasteiger partial charge in [-0.15, -0.1) is 10.2 Å². The molecule has 6 nitrogen and oxygen atoms in total. The highest BCUT2D eigenvalue weighted by molar-refractivity contribution is 7.99. The quantitative estimate of drug-likeness (QED) is 0.681. The van der Waals surface area contributed by atoms with Crippen molar-refractivity contribution in [3.05, 3.63) is 18.4 Å². The van der Waals surface area contributed by atoms with E-state index in [0.717, 1.165) is 43.3 Å². The van der Waals surface area contributed by atoms with Crippen LogP contribution in [-0.2, 0) is 11.3 Å². The van der Waals surface area contributed by atoms with Crippen molar-refractivity contribution in [2.75, 3.05) is 12.3 Å². The summed E-state index contributed by atoms with van der Waals surface area (Å²) in [4.78, 5) is 14.8. The van der Waals surface area contributed by atoms with E-state index in [1.807, 2.05) is 12.1 Å². The van der Waals surface area contributed by atoms with Gasteiger partial charge in [0.1, 0.15) is 0 Å². The standard InChI is InChI=1S/C19H28N4O2S/c1-4-15-8-5-6-10-22(15)17(24)13-26-19-21-20-18(16-9-7-11-25-16)23(19)12-14(2)3/h7,9,11,14-15H,4-6,8,10,12-13H2,1-3H3. The predicted octanol–water partition coefficient (Wildman–Crippen LogP) is 4.08. The van der Waals surface area contributed by atoms with E-state index >= 15 is 0 Å². The number of carbonyl (C=O) groups is 1. The number of furan rings is 1. The van der Waals surface area contributed by atoms with Gasteiger partial charge in [-0.05, 0) is 43.7 Å². The summed E-state index contributed by atoms with van der Waals surface area (Å²) in [6, 6.07) is 4.13. The van der Waals surface area contributed by atoms with Crippen LogP contribution in [0.3, 0.4) is 0 Å². The molecule has 7 heteroatoms. The number of hydrogen-bond donors (Lipinski definition) is 0. The van der Waals surface area contributed by atoms with Gasteiger partial charge < -0.3 is 9.32 Å². The van der Waals surface area contributed by atoms with Crippen molar-refractivity contribution in [1.82, 2.24) is 19.7 Å². The second-order valence-electron chi connectivity index (χ2n) is 7.22. The molecule has 1 atom stereocenters. The number of aromatic nitrogens is 3. The molecule has 1 unspecified atom stereocenters. The zero-order valence-corrected chi connectivity index (χ0v) is 16.7. The third-order valence-corrected chi connectivity index (χ3v) is 5.70. The average molecular weight is 377 g/mol. The van der Waals surface area contributed by atoms with Gasteiger partial charge in [0, 0.05) is 19.1 Å². The van der Waals surface area contributed by atoms with Crippen molar-refractivity contribution in [3.8, 4) is 11.6 Å². The van der Waals surface area contributed by atoms with E-state index in [1.54, 1.807) is 6.26 Å². The summed E-state index contributed by atoms with van der Waals surface area (Å²) >= 11 is 1.48. The van der Waals surface area contributed by atoms with Crippen LogP contribution in [0.4, 0.5) is 0 Å². The smallest absolute Gasteiger partial charge is 0.233 e. The maximum Gasteiger partial charge on any atom is 0.233 e. The summed E-state index contributed by atoms with van der Waals surface area (Å²) in [7, 11) is 0. The third-order valence-electron chi connectivity index (χ3n) is 4.75. The first-order valence-corrected chi connectivity index (χ1v) is 10.5. The molecule has 0 aromatic carbocycles. The Balaban J connectivity index is 1.72. The summed E-state index contributed by atoms with van der Waals surface area (Å²) in [6.07, 6.45) is 6.13. The summed E-state index contributed by atoms with van der Waals surface area (Å²) in [5, 5.41) is 9.41. The molecular weight excluding hydrogens is 348 g/mol. The van der Waals surface area contributed by atoms with E-state index in [0.29, 0.717) is 23.5 Å². The molecule has 0 saturated carbocycles. The van der Waals surface area contributed by atoms with E-state index in [2.05, 4.69) is 40.4 Å². The van der Waals surface area contributed by atoms with E-state index in [4.69, 9.17) is 4.42 Å². The summed E-state index contributed by atoms with van der Waals surface area (Å²) in [5.74, 6) is 2.49. The zero-order chi connectivity index (χ0) is 18.5. The largest absolute Gasteiger partial charge is 0.461 e. The molecule has 0 aliphatic carbocycles. The van der Waals surface area contributed by atoms with Crippen molar-refractivity contribution in [2.45, 2.75) is 64.2 Å². The Hall–Kier alpha value is -1.76. The number of hydrogen-bond acceptors (Lipinski definition) is 5. The molecule has 0 radical (unpaired) electrons. The maximum atomic E-state index is 12.7. The van der Waals surface area contributed by atoms with Gasteiger partial charge in [0.15, 0.2) is 16.7 Å². The van der Waals surface area contributed by atoms with Crippen molar-refractivity contribution in [2.24, 2.45) is 5.92 Å². The van der Waals surface area contributed by atoms with Gasteiger partial charge in [0.2, 0.25) is 5.91 Å². The molecule has 1 aliphatic heterocycles. The summed E-state index contributed by atoms with van der Waals surface area (Å²) in [5.41, 5.74) is 0. The van der Waals surface area contributed by atoms with Crippen LogP contribution in [0.25, 0.3) is 11.6 Å². The third kappa shape index (κ3) is 4.31. The topological polar surface area (TPSA) is 64.2 Å². The monoisotopic (exact) mass is 376 g/mol. The van der Waals surface area contributed by atoms with Crippen LogP contribution in [-0.4, -0.2) is 43.9 Å². The van der Waals surface area contributed by atoms with Crippen LogP contribution in [0.5, 0.6) is 0 Å². The van der Waals surface area contributed by atoms with Gasteiger partial charge in [-0.1, -0.05) is 32.5 Å². The minimum Gasteiger partial charge on any atom is -0.461 e. The molecule has 1 amide bonds. The molecule has 3 heterocycles. The minimum absolute atomic E-state index is 0.209. The number of rotatable bonds is 7. The first-order chi connectivity index (χ1) is 12.6. The lowest BCUT2D eigenvalue weighted by atomic mass is 10.0. The van der Waals surface area contributed by atoms with E-state index in [-0.39, 0.29) is 5.91 Å². The Morgan fingerprint density at radius 1 is 1.38 bits per heavy atom. The fraction of sp³-hybridized carbons (Fsp3) is 0.632. The van der Waals surface area contributed by atoms with Crippen LogP contribution in [0.2, 0.25) is 0 Å². The van der Waals surface area contributed by atoms with Crippen molar-refractivity contribution in [3.63, 3.8) is 0 Å². The van der Waals surface area contributed by atoms with Gasteiger partial charge in [-0.25, -0.2) is 0 Å². The van der Waals surface area contributed by atoms with Crippen LogP contribution in [0, 0.1) is 5.92 Å². The van der Waals surface area contributed by atoms with Crippen molar-refractivity contribution < 1.29 is 9.21 Å². The first-order valence-electron chi connectivity index (χ1n) is 9.49. The second kappa shape index (κ2) is 8.75. The number of nitrogens with zero attached hydrogens (tertiary/aromatic N) is 4. The molecule has 0 N–H and O–H groups in total. The average Bonchev–Trinajstić information content (AvgIpc) is 3.29. The molecule has 2 aromatic heterocycles. The minimum atomic E-state index is 0.209. The Kier molecular flexibility index (Phi) is 6.40. The summed E-state index contributed by atoms with van der Waals surface area (Å²) < 4.78 is 7.56. The summed E-state index contributed by atoms with van der Waals surface area (Å²) in [6.45, 7) is 8.16. The lowest BCUT2D eigenvalue weighted by Crippen LogP contribution is -2.44. The fourth-order valence-corrected chi connectivity index (χ4v) is 4.31. The molecular formula is C19H28N4O2S. The number of carbonyl (C=O) groups excluding carboxylic acids is 1. The fourth-order valence-electron chi connectivity index (χ4n) is 3.48. The molecule has 1 fully saturated rings. The molecule has 142 valence electrons. The molecule has 3 rings (SSSR count). The number of piperidine rings is 1. The molecule has 2 aromatic rings. The number of likely N-dealkylation sites (tertiary alicyclic amines) is 1. The maximum absolute atomic E-state index is 12.7. The van der Waals surface area contributed by atoms with Crippen LogP contribution in [0.15, 0.2) is 28.0 Å². The number of thioether (sulfide) groups is 1. The molecule has 0 bridgehead atoms. The Labute approximate surface area is 159 Å². The van der Waals surface area contributed by atoms with Crippen LogP contribution >= 0.6 is 11.8 Å². The lowest BCUT2D eigenvalue weighted by Gasteiger charge is -2.35. The SMILES string of the molecule is CCC1CCCCN1C(=O)CSc1nnc(-c2ccco2)n1CC(C)C. The van der Waals surface area contributed by atoms with Crippen LogP contribution in [0.1, 0.15) is 46.5 Å². The zero-order valence-electron chi connectivity index (χ0n) is 15.9. The van der Waals surface area contributed by atoms with Crippen molar-refractivity contribution >= 4 is 17.7 Å². The first kappa shape index (κ1) is 19.0. The van der Waals surface area contributed by atoms with Gasteiger partial charge in [0.05, 0.1) is 12.0 Å². The Morgan fingerprint density at radius 3 is 2.92 bits per heavy atom.